The Morgan fingerprint density at radius 3 is 2.70 bits per heavy atom. The number of hydrogen-bond acceptors (Lipinski definition) is 4. The van der Waals surface area contributed by atoms with Crippen molar-refractivity contribution in [2.45, 2.75) is 38.1 Å². The van der Waals surface area contributed by atoms with Crippen molar-refractivity contribution in [3.05, 3.63) is 35.1 Å². The van der Waals surface area contributed by atoms with Crippen molar-refractivity contribution in [3.8, 4) is 0 Å². The van der Waals surface area contributed by atoms with Gasteiger partial charge in [0, 0.05) is 32.4 Å². The maximum absolute atomic E-state index is 13.6. The monoisotopic (exact) mass is 512 g/mol. The summed E-state index contributed by atoms with van der Waals surface area (Å²) in [7, 11) is -1.50. The molecule has 0 saturated carbocycles. The van der Waals surface area contributed by atoms with E-state index >= 15 is 0 Å². The number of hydrogen-bond donors (Lipinski definition) is 2. The van der Waals surface area contributed by atoms with E-state index in [0.29, 0.717) is 29.7 Å². The molecule has 1 saturated heterocycles. The highest BCUT2D eigenvalue weighted by Crippen LogP contribution is 2.16. The lowest BCUT2D eigenvalue weighted by Gasteiger charge is -2.24. The molecule has 0 radical (unpaired) electrons. The van der Waals surface area contributed by atoms with E-state index in [-0.39, 0.29) is 35.5 Å². The molecule has 1 aromatic rings. The van der Waals surface area contributed by atoms with Gasteiger partial charge in [-0.25, -0.2) is 12.8 Å². The summed E-state index contributed by atoms with van der Waals surface area (Å²) in [5.41, 5.74) is 1.22. The van der Waals surface area contributed by atoms with E-state index in [9.17, 15) is 12.8 Å². The molecular weight excluding hydrogens is 482 g/mol. The minimum absolute atomic E-state index is 0. The van der Waals surface area contributed by atoms with E-state index < -0.39 is 9.84 Å². The SMILES string of the molecule is CCN1CCCC1CNC(=NC)NCc1cc(F)ccc1CS(C)(=O)=O.I. The van der Waals surface area contributed by atoms with Crippen molar-refractivity contribution in [2.75, 3.05) is 32.9 Å². The normalized spacial score (nSPS) is 18.2. The molecule has 1 aromatic carbocycles. The molecule has 0 aromatic heterocycles. The Balaban J connectivity index is 0.00000364. The standard InChI is InChI=1S/C18H29FN4O2S.HI/c1-4-23-9-5-6-17(23)12-22-18(20-2)21-11-15-10-16(19)8-7-14(15)13-26(3,24)25;/h7-8,10,17H,4-6,9,11-13H2,1-3H3,(H2,20,21,22);1H. The first-order valence-electron chi connectivity index (χ1n) is 8.96. The van der Waals surface area contributed by atoms with Crippen molar-refractivity contribution in [1.82, 2.24) is 15.5 Å². The Morgan fingerprint density at radius 1 is 1.33 bits per heavy atom. The number of likely N-dealkylation sites (tertiary alicyclic amines) is 1. The topological polar surface area (TPSA) is 73.8 Å². The van der Waals surface area contributed by atoms with Crippen molar-refractivity contribution in [2.24, 2.45) is 4.99 Å². The highest BCUT2D eigenvalue weighted by atomic mass is 127. The van der Waals surface area contributed by atoms with Gasteiger partial charge in [-0.15, -0.1) is 24.0 Å². The number of sulfone groups is 1. The fourth-order valence-corrected chi connectivity index (χ4v) is 4.19. The second kappa shape index (κ2) is 11.2. The Bertz CT molecular complexity index is 743. The molecule has 0 bridgehead atoms. The fraction of sp³-hybridized carbons (Fsp3) is 0.611. The Kier molecular flexibility index (Phi) is 9.96. The van der Waals surface area contributed by atoms with Crippen LogP contribution in [0.5, 0.6) is 0 Å². The van der Waals surface area contributed by atoms with E-state index in [2.05, 4.69) is 27.4 Å². The zero-order valence-corrected chi connectivity index (χ0v) is 19.3. The molecule has 0 aliphatic carbocycles. The van der Waals surface area contributed by atoms with Crippen LogP contribution in [0.25, 0.3) is 0 Å². The summed E-state index contributed by atoms with van der Waals surface area (Å²) >= 11 is 0. The van der Waals surface area contributed by atoms with Crippen LogP contribution in [0.1, 0.15) is 30.9 Å². The molecule has 2 rings (SSSR count). The maximum Gasteiger partial charge on any atom is 0.191 e. The van der Waals surface area contributed by atoms with E-state index in [0.717, 1.165) is 19.6 Å². The first-order chi connectivity index (χ1) is 12.3. The first-order valence-corrected chi connectivity index (χ1v) is 11.0. The van der Waals surface area contributed by atoms with Gasteiger partial charge in [0.2, 0.25) is 0 Å². The van der Waals surface area contributed by atoms with Gasteiger partial charge < -0.3 is 10.6 Å². The molecule has 2 N–H and O–H groups in total. The minimum atomic E-state index is -3.19. The van der Waals surface area contributed by atoms with Gasteiger partial charge in [0.25, 0.3) is 0 Å². The number of aliphatic imine (C=N–C) groups is 1. The Morgan fingerprint density at radius 2 is 2.07 bits per heavy atom. The predicted octanol–water partition coefficient (Wildman–Crippen LogP) is 2.14. The van der Waals surface area contributed by atoms with Gasteiger partial charge in [0.15, 0.2) is 15.8 Å². The number of benzene rings is 1. The van der Waals surface area contributed by atoms with E-state index in [1.807, 2.05) is 0 Å². The third kappa shape index (κ3) is 7.90. The largest absolute Gasteiger partial charge is 0.355 e. The predicted molar refractivity (Wildman–Crippen MR) is 119 cm³/mol. The average molecular weight is 512 g/mol. The van der Waals surface area contributed by atoms with Crippen molar-refractivity contribution < 1.29 is 12.8 Å². The summed E-state index contributed by atoms with van der Waals surface area (Å²) in [6.07, 6.45) is 3.56. The summed E-state index contributed by atoms with van der Waals surface area (Å²) in [5, 5.41) is 6.47. The van der Waals surface area contributed by atoms with Crippen LogP contribution in [0, 0.1) is 5.82 Å². The molecule has 27 heavy (non-hydrogen) atoms. The molecule has 1 fully saturated rings. The van der Waals surface area contributed by atoms with Crippen molar-refractivity contribution >= 4 is 39.8 Å². The lowest BCUT2D eigenvalue weighted by atomic mass is 10.1. The molecule has 0 amide bonds. The zero-order chi connectivity index (χ0) is 19.2. The molecule has 154 valence electrons. The second-order valence-electron chi connectivity index (χ2n) is 6.71. The lowest BCUT2D eigenvalue weighted by Crippen LogP contribution is -2.44. The minimum Gasteiger partial charge on any atom is -0.355 e. The van der Waals surface area contributed by atoms with Gasteiger partial charge in [-0.2, -0.15) is 0 Å². The summed E-state index contributed by atoms with van der Waals surface area (Å²) < 4.78 is 36.8. The van der Waals surface area contributed by atoms with Crippen molar-refractivity contribution in [1.29, 1.82) is 0 Å². The Hall–Kier alpha value is -0.940. The highest BCUT2D eigenvalue weighted by molar-refractivity contribution is 14.0. The van der Waals surface area contributed by atoms with Crippen LogP contribution in [0.2, 0.25) is 0 Å². The molecule has 0 spiro atoms. The van der Waals surface area contributed by atoms with Gasteiger partial charge in [0.1, 0.15) is 5.82 Å². The van der Waals surface area contributed by atoms with Crippen LogP contribution in [0.15, 0.2) is 23.2 Å². The highest BCUT2D eigenvalue weighted by Gasteiger charge is 2.22. The van der Waals surface area contributed by atoms with E-state index in [1.165, 1.54) is 37.3 Å². The van der Waals surface area contributed by atoms with Crippen LogP contribution >= 0.6 is 24.0 Å². The van der Waals surface area contributed by atoms with Crippen LogP contribution in [0.3, 0.4) is 0 Å². The molecule has 1 unspecified atom stereocenters. The summed E-state index contributed by atoms with van der Waals surface area (Å²) in [6, 6.07) is 4.68. The molecule has 9 heteroatoms. The van der Waals surface area contributed by atoms with Crippen molar-refractivity contribution in [3.63, 3.8) is 0 Å². The number of halogens is 2. The summed E-state index contributed by atoms with van der Waals surface area (Å²) in [6.45, 7) is 5.44. The molecular formula is C18H30FIN4O2S. The molecule has 1 aliphatic rings. The van der Waals surface area contributed by atoms with Gasteiger partial charge in [-0.3, -0.25) is 9.89 Å². The summed E-state index contributed by atoms with van der Waals surface area (Å²) in [4.78, 5) is 6.65. The third-order valence-corrected chi connectivity index (χ3v) is 5.50. The van der Waals surface area contributed by atoms with Gasteiger partial charge in [-0.05, 0) is 49.2 Å². The smallest absolute Gasteiger partial charge is 0.191 e. The second-order valence-corrected chi connectivity index (χ2v) is 8.85. The van der Waals surface area contributed by atoms with Crippen LogP contribution in [0.4, 0.5) is 4.39 Å². The number of nitrogens with zero attached hydrogens (tertiary/aromatic N) is 2. The molecule has 1 heterocycles. The fourth-order valence-electron chi connectivity index (χ4n) is 3.34. The lowest BCUT2D eigenvalue weighted by molar-refractivity contribution is 0.267. The first kappa shape index (κ1) is 24.1. The van der Waals surface area contributed by atoms with Gasteiger partial charge >= 0.3 is 0 Å². The number of likely N-dealkylation sites (N-methyl/N-ethyl adjacent to an activating group) is 1. The number of guanidine groups is 1. The van der Waals surface area contributed by atoms with E-state index in [4.69, 9.17) is 0 Å². The van der Waals surface area contributed by atoms with Crippen LogP contribution in [-0.2, 0) is 22.1 Å². The van der Waals surface area contributed by atoms with Gasteiger partial charge in [-0.1, -0.05) is 13.0 Å². The molecule has 6 nitrogen and oxygen atoms in total. The maximum atomic E-state index is 13.6. The molecule has 1 aliphatic heterocycles. The average Bonchev–Trinajstić information content (AvgIpc) is 3.03. The molecule has 1 atom stereocenters. The van der Waals surface area contributed by atoms with Crippen LogP contribution in [-0.4, -0.2) is 58.3 Å². The Labute approximate surface area is 178 Å². The quantitative estimate of drug-likeness (QED) is 0.333. The number of rotatable bonds is 7. The third-order valence-electron chi connectivity index (χ3n) is 4.67. The van der Waals surface area contributed by atoms with Gasteiger partial charge in [0.05, 0.1) is 5.75 Å². The van der Waals surface area contributed by atoms with E-state index in [1.54, 1.807) is 7.05 Å². The summed E-state index contributed by atoms with van der Waals surface area (Å²) in [5.74, 6) is 0.137. The zero-order valence-electron chi connectivity index (χ0n) is 16.2. The van der Waals surface area contributed by atoms with Crippen LogP contribution < -0.4 is 10.6 Å². The number of nitrogens with one attached hydrogen (secondary N) is 2.